The van der Waals surface area contributed by atoms with Gasteiger partial charge in [0.1, 0.15) is 11.6 Å². The third-order valence-corrected chi connectivity index (χ3v) is 3.05. The molecule has 0 saturated carbocycles. The first-order valence-electron chi connectivity index (χ1n) is 6.68. The fourth-order valence-corrected chi connectivity index (χ4v) is 1.84. The minimum absolute atomic E-state index is 0.0664. The maximum absolute atomic E-state index is 12.8. The normalized spacial score (nSPS) is 10.4. The van der Waals surface area contributed by atoms with Gasteiger partial charge in [0.2, 0.25) is 0 Å². The fourth-order valence-electron chi connectivity index (χ4n) is 1.84. The van der Waals surface area contributed by atoms with E-state index in [4.69, 9.17) is 9.47 Å². The van der Waals surface area contributed by atoms with Crippen LogP contribution in [-0.2, 0) is 11.2 Å². The smallest absolute Gasteiger partial charge is 0.200 e. The Balaban J connectivity index is 1.87. The van der Waals surface area contributed by atoms with E-state index >= 15 is 0 Å². The van der Waals surface area contributed by atoms with Crippen LogP contribution in [0, 0.1) is 5.82 Å². The quantitative estimate of drug-likeness (QED) is 0.733. The number of ketones is 1. The summed E-state index contributed by atoms with van der Waals surface area (Å²) in [4.78, 5) is 11.9. The van der Waals surface area contributed by atoms with E-state index in [-0.39, 0.29) is 18.2 Å². The van der Waals surface area contributed by atoms with E-state index in [0.717, 1.165) is 12.0 Å². The Kier molecular flexibility index (Phi) is 5.46. The van der Waals surface area contributed by atoms with E-state index in [1.54, 1.807) is 7.11 Å². The first kappa shape index (κ1) is 15.2. The summed E-state index contributed by atoms with van der Waals surface area (Å²) >= 11 is 0. The van der Waals surface area contributed by atoms with Gasteiger partial charge in [0, 0.05) is 12.7 Å². The van der Waals surface area contributed by atoms with Crippen molar-refractivity contribution in [1.82, 2.24) is 0 Å². The summed E-state index contributed by atoms with van der Waals surface area (Å²) in [5.74, 6) is 0.0872. The highest BCUT2D eigenvalue weighted by Gasteiger charge is 2.07. The van der Waals surface area contributed by atoms with Crippen LogP contribution in [0.5, 0.6) is 5.75 Å². The molecule has 0 aliphatic rings. The van der Waals surface area contributed by atoms with E-state index in [2.05, 4.69) is 0 Å². The van der Waals surface area contributed by atoms with Crippen LogP contribution < -0.4 is 4.74 Å². The van der Waals surface area contributed by atoms with Crippen LogP contribution in [-0.4, -0.2) is 26.1 Å². The highest BCUT2D eigenvalue weighted by Crippen LogP contribution is 2.13. The molecule has 21 heavy (non-hydrogen) atoms. The molecule has 0 aromatic heterocycles. The van der Waals surface area contributed by atoms with E-state index in [9.17, 15) is 9.18 Å². The number of carbonyl (C=O) groups is 1. The van der Waals surface area contributed by atoms with Crippen LogP contribution in [0.25, 0.3) is 0 Å². The summed E-state index contributed by atoms with van der Waals surface area (Å²) in [5, 5.41) is 0. The highest BCUT2D eigenvalue weighted by molar-refractivity contribution is 5.97. The van der Waals surface area contributed by atoms with Crippen LogP contribution >= 0.6 is 0 Å². The van der Waals surface area contributed by atoms with Crippen LogP contribution in [0.15, 0.2) is 48.5 Å². The van der Waals surface area contributed by atoms with Crippen LogP contribution in [0.1, 0.15) is 15.9 Å². The van der Waals surface area contributed by atoms with Gasteiger partial charge in [-0.25, -0.2) is 4.39 Å². The summed E-state index contributed by atoms with van der Waals surface area (Å²) in [6.45, 7) is 0.603. The minimum atomic E-state index is -0.362. The molecule has 4 heteroatoms. The maximum Gasteiger partial charge on any atom is 0.200 e. The molecule has 0 heterocycles. The predicted molar refractivity (Wildman–Crippen MR) is 78.2 cm³/mol. The minimum Gasteiger partial charge on any atom is -0.485 e. The third kappa shape index (κ3) is 4.68. The maximum atomic E-state index is 12.8. The molecule has 0 fully saturated rings. The molecule has 2 aromatic rings. The topological polar surface area (TPSA) is 35.5 Å². The van der Waals surface area contributed by atoms with Gasteiger partial charge in [-0.05, 0) is 48.4 Å². The standard InChI is InChI=1S/C17H17FO3/c1-20-11-10-13-2-8-16(9-3-13)21-12-17(19)14-4-6-15(18)7-5-14/h2-9H,10-12H2,1H3. The molecule has 0 aliphatic heterocycles. The predicted octanol–water partition coefficient (Wildman–Crippen LogP) is 3.28. The lowest BCUT2D eigenvalue weighted by atomic mass is 10.1. The molecular formula is C17H17FO3. The monoisotopic (exact) mass is 288 g/mol. The molecule has 0 unspecified atom stereocenters. The van der Waals surface area contributed by atoms with Gasteiger partial charge in [-0.3, -0.25) is 4.79 Å². The second kappa shape index (κ2) is 7.55. The third-order valence-electron chi connectivity index (χ3n) is 3.05. The molecule has 3 nitrogen and oxygen atoms in total. The van der Waals surface area contributed by atoms with Crippen molar-refractivity contribution >= 4 is 5.78 Å². The molecule has 0 atom stereocenters. The van der Waals surface area contributed by atoms with Crippen LogP contribution in [0.4, 0.5) is 4.39 Å². The number of rotatable bonds is 7. The van der Waals surface area contributed by atoms with Gasteiger partial charge in [0.15, 0.2) is 12.4 Å². The van der Waals surface area contributed by atoms with Crippen molar-refractivity contribution in [3.05, 3.63) is 65.5 Å². The number of ether oxygens (including phenoxy) is 2. The number of Topliss-reactive ketones (excluding diaryl/α,β-unsaturated/α-hetero) is 1. The van der Waals surface area contributed by atoms with Gasteiger partial charge in [0.25, 0.3) is 0 Å². The van der Waals surface area contributed by atoms with Crippen molar-refractivity contribution in [3.63, 3.8) is 0 Å². The molecular weight excluding hydrogens is 271 g/mol. The summed E-state index contributed by atoms with van der Waals surface area (Å²) in [6.07, 6.45) is 0.839. The van der Waals surface area contributed by atoms with Crippen LogP contribution in [0.3, 0.4) is 0 Å². The zero-order valence-corrected chi connectivity index (χ0v) is 11.8. The largest absolute Gasteiger partial charge is 0.485 e. The van der Waals surface area contributed by atoms with Crippen molar-refractivity contribution in [1.29, 1.82) is 0 Å². The number of methoxy groups -OCH3 is 1. The number of hydrogen-bond donors (Lipinski definition) is 0. The molecule has 0 spiro atoms. The molecule has 110 valence electrons. The molecule has 2 aromatic carbocycles. The van der Waals surface area contributed by atoms with Crippen molar-refractivity contribution < 1.29 is 18.7 Å². The molecule has 0 bridgehead atoms. The molecule has 0 N–H and O–H groups in total. The Morgan fingerprint density at radius 3 is 2.33 bits per heavy atom. The second-order valence-electron chi connectivity index (χ2n) is 4.61. The molecule has 2 rings (SSSR count). The highest BCUT2D eigenvalue weighted by atomic mass is 19.1. The molecule has 0 radical (unpaired) electrons. The molecule has 0 aliphatic carbocycles. The average Bonchev–Trinajstić information content (AvgIpc) is 2.52. The van der Waals surface area contributed by atoms with Crippen LogP contribution in [0.2, 0.25) is 0 Å². The fraction of sp³-hybridized carbons (Fsp3) is 0.235. The van der Waals surface area contributed by atoms with E-state index in [1.807, 2.05) is 24.3 Å². The van der Waals surface area contributed by atoms with Gasteiger partial charge >= 0.3 is 0 Å². The van der Waals surface area contributed by atoms with Gasteiger partial charge in [-0.15, -0.1) is 0 Å². The number of hydrogen-bond acceptors (Lipinski definition) is 3. The lowest BCUT2D eigenvalue weighted by molar-refractivity contribution is 0.0921. The number of benzene rings is 2. The first-order valence-corrected chi connectivity index (χ1v) is 6.68. The molecule has 0 saturated heterocycles. The van der Waals surface area contributed by atoms with Crippen molar-refractivity contribution in [2.45, 2.75) is 6.42 Å². The zero-order chi connectivity index (χ0) is 15.1. The number of carbonyl (C=O) groups excluding carboxylic acids is 1. The lowest BCUT2D eigenvalue weighted by Crippen LogP contribution is -2.11. The Labute approximate surface area is 123 Å². The second-order valence-corrected chi connectivity index (χ2v) is 4.61. The Morgan fingerprint density at radius 2 is 1.71 bits per heavy atom. The Hall–Kier alpha value is -2.20. The summed E-state index contributed by atoms with van der Waals surface area (Å²) in [7, 11) is 1.67. The SMILES string of the molecule is COCCc1ccc(OCC(=O)c2ccc(F)cc2)cc1. The molecule has 0 amide bonds. The van der Waals surface area contributed by atoms with Crippen molar-refractivity contribution in [2.24, 2.45) is 0 Å². The lowest BCUT2D eigenvalue weighted by Gasteiger charge is -2.07. The Bertz CT molecular complexity index is 576. The van der Waals surface area contributed by atoms with Gasteiger partial charge in [0.05, 0.1) is 6.61 Å². The van der Waals surface area contributed by atoms with E-state index in [1.165, 1.54) is 24.3 Å². The van der Waals surface area contributed by atoms with Gasteiger partial charge in [-0.2, -0.15) is 0 Å². The van der Waals surface area contributed by atoms with Gasteiger partial charge < -0.3 is 9.47 Å². The van der Waals surface area contributed by atoms with E-state index in [0.29, 0.717) is 17.9 Å². The summed E-state index contributed by atoms with van der Waals surface area (Å²) in [6, 6.07) is 13.0. The Morgan fingerprint density at radius 1 is 1.05 bits per heavy atom. The van der Waals surface area contributed by atoms with E-state index < -0.39 is 0 Å². The van der Waals surface area contributed by atoms with Crippen molar-refractivity contribution in [2.75, 3.05) is 20.3 Å². The number of halogens is 1. The van der Waals surface area contributed by atoms with Crippen molar-refractivity contribution in [3.8, 4) is 5.75 Å². The van der Waals surface area contributed by atoms with Gasteiger partial charge in [-0.1, -0.05) is 12.1 Å². The summed E-state index contributed by atoms with van der Waals surface area (Å²) < 4.78 is 23.2. The first-order chi connectivity index (χ1) is 10.2. The zero-order valence-electron chi connectivity index (χ0n) is 11.8. The average molecular weight is 288 g/mol. The summed E-state index contributed by atoms with van der Waals surface area (Å²) in [5.41, 5.74) is 1.59.